The quantitative estimate of drug-likeness (QED) is 0.659. The van der Waals surface area contributed by atoms with E-state index < -0.39 is 0 Å². The number of carbonyl (C=O) groups is 2. The van der Waals surface area contributed by atoms with E-state index >= 15 is 0 Å². The van der Waals surface area contributed by atoms with Gasteiger partial charge in [-0.1, -0.05) is 36.4 Å². The van der Waals surface area contributed by atoms with Gasteiger partial charge in [0.25, 0.3) is 5.91 Å². The maximum absolute atomic E-state index is 12.7. The molecule has 146 valence electrons. The third-order valence-corrected chi connectivity index (χ3v) is 4.80. The molecular formula is C24H22N2O3. The van der Waals surface area contributed by atoms with Crippen LogP contribution < -0.4 is 10.1 Å². The number of anilines is 1. The Morgan fingerprint density at radius 2 is 1.72 bits per heavy atom. The van der Waals surface area contributed by atoms with E-state index in [4.69, 9.17) is 4.74 Å². The van der Waals surface area contributed by atoms with E-state index in [9.17, 15) is 9.59 Å². The van der Waals surface area contributed by atoms with Crippen molar-refractivity contribution in [2.75, 3.05) is 11.9 Å². The predicted octanol–water partition coefficient (Wildman–Crippen LogP) is 4.85. The zero-order valence-corrected chi connectivity index (χ0v) is 16.0. The largest absolute Gasteiger partial charge is 0.457 e. The van der Waals surface area contributed by atoms with E-state index in [-0.39, 0.29) is 11.8 Å². The molecule has 0 aliphatic carbocycles. The number of nitrogens with zero attached hydrogens (tertiary/aromatic N) is 1. The molecule has 1 N–H and O–H groups in total. The van der Waals surface area contributed by atoms with Crippen molar-refractivity contribution in [2.24, 2.45) is 0 Å². The average molecular weight is 386 g/mol. The summed E-state index contributed by atoms with van der Waals surface area (Å²) in [5.41, 5.74) is 2.17. The summed E-state index contributed by atoms with van der Waals surface area (Å²) in [5.74, 6) is 1.36. The van der Waals surface area contributed by atoms with Gasteiger partial charge in [0.05, 0.1) is 0 Å². The minimum atomic E-state index is -0.198. The summed E-state index contributed by atoms with van der Waals surface area (Å²) in [4.78, 5) is 26.4. The standard InChI is InChI=1S/C24H22N2O3/c27-23-13-6-14-26(23)17-18-7-4-8-19(15-18)24(28)25-20-9-5-12-22(16-20)29-21-10-2-1-3-11-21/h1-5,7-12,15-16H,6,13-14,17H2,(H,25,28). The van der Waals surface area contributed by atoms with Crippen molar-refractivity contribution >= 4 is 17.5 Å². The Morgan fingerprint density at radius 1 is 0.931 bits per heavy atom. The van der Waals surface area contributed by atoms with Crippen LogP contribution in [0.2, 0.25) is 0 Å². The molecule has 0 bridgehead atoms. The molecule has 1 heterocycles. The summed E-state index contributed by atoms with van der Waals surface area (Å²) in [6, 6.07) is 24.2. The lowest BCUT2D eigenvalue weighted by atomic mass is 10.1. The molecule has 0 saturated carbocycles. The van der Waals surface area contributed by atoms with Crippen LogP contribution in [0.4, 0.5) is 5.69 Å². The zero-order valence-electron chi connectivity index (χ0n) is 16.0. The van der Waals surface area contributed by atoms with Crippen molar-refractivity contribution in [3.63, 3.8) is 0 Å². The third-order valence-electron chi connectivity index (χ3n) is 4.80. The number of hydrogen-bond acceptors (Lipinski definition) is 3. The number of rotatable bonds is 6. The van der Waals surface area contributed by atoms with Crippen LogP contribution in [0.1, 0.15) is 28.8 Å². The van der Waals surface area contributed by atoms with Crippen molar-refractivity contribution in [3.8, 4) is 11.5 Å². The number of carbonyl (C=O) groups excluding carboxylic acids is 2. The Labute approximate surface area is 169 Å². The first-order valence-corrected chi connectivity index (χ1v) is 9.68. The first-order valence-electron chi connectivity index (χ1n) is 9.68. The fourth-order valence-electron chi connectivity index (χ4n) is 3.37. The van der Waals surface area contributed by atoms with Crippen LogP contribution >= 0.6 is 0 Å². The fourth-order valence-corrected chi connectivity index (χ4v) is 3.37. The molecule has 1 aliphatic rings. The highest BCUT2D eigenvalue weighted by Crippen LogP contribution is 2.24. The van der Waals surface area contributed by atoms with Crippen LogP contribution in [-0.2, 0) is 11.3 Å². The van der Waals surface area contributed by atoms with Gasteiger partial charge in [0.1, 0.15) is 11.5 Å². The van der Waals surface area contributed by atoms with Crippen molar-refractivity contribution < 1.29 is 14.3 Å². The molecular weight excluding hydrogens is 364 g/mol. The molecule has 0 unspecified atom stereocenters. The van der Waals surface area contributed by atoms with Gasteiger partial charge in [-0.2, -0.15) is 0 Å². The van der Waals surface area contributed by atoms with Gasteiger partial charge in [-0.05, 0) is 48.4 Å². The highest BCUT2D eigenvalue weighted by molar-refractivity contribution is 6.04. The maximum atomic E-state index is 12.7. The number of nitrogens with one attached hydrogen (secondary N) is 1. The van der Waals surface area contributed by atoms with E-state index in [1.54, 1.807) is 12.1 Å². The van der Waals surface area contributed by atoms with Gasteiger partial charge in [-0.25, -0.2) is 0 Å². The van der Waals surface area contributed by atoms with Gasteiger partial charge in [0, 0.05) is 36.8 Å². The van der Waals surface area contributed by atoms with Crippen LogP contribution in [0.3, 0.4) is 0 Å². The van der Waals surface area contributed by atoms with E-state index in [0.29, 0.717) is 30.0 Å². The Morgan fingerprint density at radius 3 is 2.52 bits per heavy atom. The Balaban J connectivity index is 1.43. The van der Waals surface area contributed by atoms with Crippen LogP contribution in [0.5, 0.6) is 11.5 Å². The van der Waals surface area contributed by atoms with Gasteiger partial charge in [0.15, 0.2) is 0 Å². The lowest BCUT2D eigenvalue weighted by Gasteiger charge is -2.16. The lowest BCUT2D eigenvalue weighted by Crippen LogP contribution is -2.24. The molecule has 1 saturated heterocycles. The Kier molecular flexibility index (Phi) is 5.56. The fraction of sp³-hybridized carbons (Fsp3) is 0.167. The number of benzene rings is 3. The molecule has 4 rings (SSSR count). The maximum Gasteiger partial charge on any atom is 0.255 e. The second-order valence-corrected chi connectivity index (χ2v) is 7.02. The van der Waals surface area contributed by atoms with Crippen molar-refractivity contribution in [1.29, 1.82) is 0 Å². The highest BCUT2D eigenvalue weighted by Gasteiger charge is 2.20. The topological polar surface area (TPSA) is 58.6 Å². The smallest absolute Gasteiger partial charge is 0.255 e. The normalized spacial score (nSPS) is 13.4. The van der Waals surface area contributed by atoms with Crippen molar-refractivity contribution in [2.45, 2.75) is 19.4 Å². The lowest BCUT2D eigenvalue weighted by molar-refractivity contribution is -0.128. The van der Waals surface area contributed by atoms with E-state index in [2.05, 4.69) is 5.32 Å². The Bertz CT molecular complexity index is 1020. The number of likely N-dealkylation sites (tertiary alicyclic amines) is 1. The van der Waals surface area contributed by atoms with Crippen molar-refractivity contribution in [3.05, 3.63) is 90.0 Å². The molecule has 1 aliphatic heterocycles. The highest BCUT2D eigenvalue weighted by atomic mass is 16.5. The number of para-hydroxylation sites is 1. The van der Waals surface area contributed by atoms with Crippen LogP contribution in [0.25, 0.3) is 0 Å². The summed E-state index contributed by atoms with van der Waals surface area (Å²) in [6.45, 7) is 1.32. The third kappa shape index (κ3) is 4.82. The molecule has 0 radical (unpaired) electrons. The molecule has 3 aromatic carbocycles. The second-order valence-electron chi connectivity index (χ2n) is 7.02. The zero-order chi connectivity index (χ0) is 20.1. The molecule has 29 heavy (non-hydrogen) atoms. The van der Waals surface area contributed by atoms with Crippen LogP contribution in [0, 0.1) is 0 Å². The molecule has 0 atom stereocenters. The van der Waals surface area contributed by atoms with E-state index in [1.165, 1.54) is 0 Å². The molecule has 1 fully saturated rings. The average Bonchev–Trinajstić information content (AvgIpc) is 3.14. The SMILES string of the molecule is O=C(Nc1cccc(Oc2ccccc2)c1)c1cccc(CN2CCCC2=O)c1. The number of hydrogen-bond donors (Lipinski definition) is 1. The predicted molar refractivity (Wildman–Crippen MR) is 112 cm³/mol. The summed E-state index contributed by atoms with van der Waals surface area (Å²) < 4.78 is 5.82. The van der Waals surface area contributed by atoms with Gasteiger partial charge in [-0.15, -0.1) is 0 Å². The molecule has 2 amide bonds. The molecule has 0 spiro atoms. The number of amides is 2. The van der Waals surface area contributed by atoms with Gasteiger partial charge < -0.3 is 15.0 Å². The van der Waals surface area contributed by atoms with Gasteiger partial charge in [0.2, 0.25) is 5.91 Å². The summed E-state index contributed by atoms with van der Waals surface area (Å²) >= 11 is 0. The minimum Gasteiger partial charge on any atom is -0.457 e. The first-order chi connectivity index (χ1) is 14.2. The van der Waals surface area contributed by atoms with Gasteiger partial charge >= 0.3 is 0 Å². The molecule has 0 aromatic heterocycles. The number of ether oxygens (including phenoxy) is 1. The molecule has 5 heteroatoms. The monoisotopic (exact) mass is 386 g/mol. The van der Waals surface area contributed by atoms with E-state index in [0.717, 1.165) is 24.3 Å². The Hall–Kier alpha value is -3.60. The second kappa shape index (κ2) is 8.61. The van der Waals surface area contributed by atoms with Crippen molar-refractivity contribution in [1.82, 2.24) is 4.90 Å². The summed E-state index contributed by atoms with van der Waals surface area (Å²) in [5, 5.41) is 2.91. The van der Waals surface area contributed by atoms with Crippen LogP contribution in [-0.4, -0.2) is 23.3 Å². The molecule has 3 aromatic rings. The van der Waals surface area contributed by atoms with E-state index in [1.807, 2.05) is 71.6 Å². The summed E-state index contributed by atoms with van der Waals surface area (Å²) in [7, 11) is 0. The van der Waals surface area contributed by atoms with Crippen LogP contribution in [0.15, 0.2) is 78.9 Å². The first kappa shape index (κ1) is 18.7. The van der Waals surface area contributed by atoms with Gasteiger partial charge in [-0.3, -0.25) is 9.59 Å². The summed E-state index contributed by atoms with van der Waals surface area (Å²) in [6.07, 6.45) is 1.52. The molecule has 5 nitrogen and oxygen atoms in total. The minimum absolute atomic E-state index is 0.176.